The van der Waals surface area contributed by atoms with Crippen LogP contribution < -0.4 is 16.4 Å². The lowest BCUT2D eigenvalue weighted by Gasteiger charge is -2.35. The zero-order valence-electron chi connectivity index (χ0n) is 23.3. The molecule has 0 spiro atoms. The SMILES string of the molecule is CCCN(C(=O)C(CCC(N)=O)NC(=O)OC(C)(C)C)C(C(=O)NCCC(=O)OCC)c1ccccc1C. The fourth-order valence-electron chi connectivity index (χ4n) is 3.76. The van der Waals surface area contributed by atoms with Crippen molar-refractivity contribution in [2.24, 2.45) is 5.73 Å². The van der Waals surface area contributed by atoms with Crippen molar-refractivity contribution >= 4 is 29.8 Å². The van der Waals surface area contributed by atoms with Crippen LogP contribution in [0.2, 0.25) is 0 Å². The molecule has 11 heteroatoms. The van der Waals surface area contributed by atoms with Crippen molar-refractivity contribution in [3.8, 4) is 0 Å². The zero-order valence-corrected chi connectivity index (χ0v) is 23.3. The normalized spacial score (nSPS) is 12.6. The monoisotopic (exact) mass is 534 g/mol. The number of benzene rings is 1. The predicted octanol–water partition coefficient (Wildman–Crippen LogP) is 2.50. The molecule has 1 rings (SSSR count). The van der Waals surface area contributed by atoms with Gasteiger partial charge in [-0.2, -0.15) is 0 Å². The molecule has 0 radical (unpaired) electrons. The van der Waals surface area contributed by atoms with Crippen LogP contribution in [0.15, 0.2) is 24.3 Å². The molecular weight excluding hydrogens is 492 g/mol. The van der Waals surface area contributed by atoms with Crippen LogP contribution in [0.3, 0.4) is 0 Å². The third-order valence-corrected chi connectivity index (χ3v) is 5.39. The first-order chi connectivity index (χ1) is 17.8. The van der Waals surface area contributed by atoms with Gasteiger partial charge in [-0.15, -0.1) is 0 Å². The Balaban J connectivity index is 3.37. The molecule has 0 aromatic heterocycles. The first-order valence-corrected chi connectivity index (χ1v) is 12.9. The Morgan fingerprint density at radius 1 is 1.05 bits per heavy atom. The summed E-state index contributed by atoms with van der Waals surface area (Å²) in [5.41, 5.74) is 5.88. The van der Waals surface area contributed by atoms with E-state index in [0.717, 1.165) is 5.56 Å². The minimum absolute atomic E-state index is 0.0233. The van der Waals surface area contributed by atoms with Crippen LogP contribution in [0, 0.1) is 6.92 Å². The Bertz CT molecular complexity index is 974. The molecule has 0 aliphatic heterocycles. The number of carbonyl (C=O) groups is 5. The number of primary amides is 1. The standard InChI is InChI=1S/C27H42N4O7/c1-7-17-31(25(35)20(13-14-21(28)32)30-26(36)38-27(4,5)6)23(19-12-10-9-11-18(19)3)24(34)29-16-15-22(33)37-8-2/h9-12,20,23H,7-8,13-17H2,1-6H3,(H2,28,32)(H,29,34)(H,30,36). The first-order valence-electron chi connectivity index (χ1n) is 12.9. The van der Waals surface area contributed by atoms with E-state index in [1.165, 1.54) is 4.90 Å². The van der Waals surface area contributed by atoms with Gasteiger partial charge in [0.1, 0.15) is 17.7 Å². The summed E-state index contributed by atoms with van der Waals surface area (Å²) in [6, 6.07) is 4.94. The maximum absolute atomic E-state index is 13.9. The van der Waals surface area contributed by atoms with Crippen molar-refractivity contribution in [1.29, 1.82) is 0 Å². The van der Waals surface area contributed by atoms with E-state index in [0.29, 0.717) is 12.0 Å². The number of ether oxygens (including phenoxy) is 2. The molecular formula is C27H42N4O7. The first kappa shape index (κ1) is 32.4. The van der Waals surface area contributed by atoms with Crippen LogP contribution in [0.25, 0.3) is 0 Å². The molecule has 1 aromatic rings. The summed E-state index contributed by atoms with van der Waals surface area (Å²) >= 11 is 0. The number of carbonyl (C=O) groups excluding carboxylic acids is 5. The molecule has 0 bridgehead atoms. The summed E-state index contributed by atoms with van der Waals surface area (Å²) in [6.07, 6.45) is -0.573. The van der Waals surface area contributed by atoms with E-state index in [-0.39, 0.29) is 39.0 Å². The molecule has 0 fully saturated rings. The van der Waals surface area contributed by atoms with Gasteiger partial charge < -0.3 is 30.7 Å². The van der Waals surface area contributed by atoms with E-state index in [1.807, 2.05) is 26.0 Å². The number of hydrogen-bond donors (Lipinski definition) is 3. The van der Waals surface area contributed by atoms with Crippen molar-refractivity contribution in [2.75, 3.05) is 19.7 Å². The molecule has 212 valence electrons. The Morgan fingerprint density at radius 2 is 1.71 bits per heavy atom. The van der Waals surface area contributed by atoms with Crippen molar-refractivity contribution in [3.05, 3.63) is 35.4 Å². The second-order valence-electron chi connectivity index (χ2n) is 9.84. The largest absolute Gasteiger partial charge is 0.466 e. The van der Waals surface area contributed by atoms with Crippen LogP contribution in [0.5, 0.6) is 0 Å². The number of nitrogens with one attached hydrogen (secondary N) is 2. The molecule has 4 N–H and O–H groups in total. The van der Waals surface area contributed by atoms with Crippen LogP contribution in [-0.4, -0.2) is 66.0 Å². The van der Waals surface area contributed by atoms with Crippen molar-refractivity contribution in [3.63, 3.8) is 0 Å². The number of esters is 1. The Kier molecular flexibility index (Phi) is 13.3. The van der Waals surface area contributed by atoms with Gasteiger partial charge in [-0.3, -0.25) is 19.2 Å². The molecule has 1 aromatic carbocycles. The van der Waals surface area contributed by atoms with Crippen molar-refractivity contribution < 1.29 is 33.4 Å². The van der Waals surface area contributed by atoms with E-state index in [1.54, 1.807) is 39.8 Å². The maximum Gasteiger partial charge on any atom is 0.408 e. The van der Waals surface area contributed by atoms with Crippen molar-refractivity contribution in [2.45, 2.75) is 84.9 Å². The average molecular weight is 535 g/mol. The summed E-state index contributed by atoms with van der Waals surface area (Å²) in [7, 11) is 0. The Morgan fingerprint density at radius 3 is 2.26 bits per heavy atom. The number of hydrogen-bond acceptors (Lipinski definition) is 7. The number of nitrogens with zero attached hydrogens (tertiary/aromatic N) is 1. The molecule has 38 heavy (non-hydrogen) atoms. The molecule has 0 saturated carbocycles. The number of amides is 4. The topological polar surface area (TPSA) is 157 Å². The maximum atomic E-state index is 13.9. The van der Waals surface area contributed by atoms with E-state index in [9.17, 15) is 24.0 Å². The highest BCUT2D eigenvalue weighted by Crippen LogP contribution is 2.26. The number of alkyl carbamates (subject to hydrolysis) is 1. The fraction of sp³-hybridized carbons (Fsp3) is 0.593. The van der Waals surface area contributed by atoms with E-state index < -0.39 is 47.5 Å². The van der Waals surface area contributed by atoms with Gasteiger partial charge in [-0.1, -0.05) is 31.2 Å². The smallest absolute Gasteiger partial charge is 0.408 e. The number of nitrogens with two attached hydrogens (primary N) is 1. The van der Waals surface area contributed by atoms with Gasteiger partial charge in [-0.05, 0) is 58.6 Å². The van der Waals surface area contributed by atoms with Crippen LogP contribution in [0.4, 0.5) is 4.79 Å². The van der Waals surface area contributed by atoms with Gasteiger partial charge in [-0.25, -0.2) is 4.79 Å². The van der Waals surface area contributed by atoms with Gasteiger partial charge >= 0.3 is 12.1 Å². The molecule has 11 nitrogen and oxygen atoms in total. The summed E-state index contributed by atoms with van der Waals surface area (Å²) in [4.78, 5) is 64.6. The van der Waals surface area contributed by atoms with Crippen LogP contribution >= 0.6 is 0 Å². The molecule has 0 aliphatic carbocycles. The highest BCUT2D eigenvalue weighted by Gasteiger charge is 2.36. The van der Waals surface area contributed by atoms with Gasteiger partial charge in [0.2, 0.25) is 17.7 Å². The highest BCUT2D eigenvalue weighted by molar-refractivity contribution is 5.92. The zero-order chi connectivity index (χ0) is 28.9. The number of aryl methyl sites for hydroxylation is 1. The van der Waals surface area contributed by atoms with Crippen molar-refractivity contribution in [1.82, 2.24) is 15.5 Å². The molecule has 0 saturated heterocycles. The third kappa shape index (κ3) is 11.2. The van der Waals surface area contributed by atoms with Gasteiger partial charge in [0.15, 0.2) is 0 Å². The van der Waals surface area contributed by atoms with Gasteiger partial charge in [0.25, 0.3) is 0 Å². The fourth-order valence-corrected chi connectivity index (χ4v) is 3.76. The Labute approximate surface area is 224 Å². The van der Waals surface area contributed by atoms with Gasteiger partial charge in [0.05, 0.1) is 13.0 Å². The van der Waals surface area contributed by atoms with E-state index in [2.05, 4.69) is 10.6 Å². The molecule has 4 amide bonds. The third-order valence-electron chi connectivity index (χ3n) is 5.39. The molecule has 2 atom stereocenters. The minimum atomic E-state index is -1.16. The van der Waals surface area contributed by atoms with E-state index in [4.69, 9.17) is 15.2 Å². The van der Waals surface area contributed by atoms with E-state index >= 15 is 0 Å². The van der Waals surface area contributed by atoms with Crippen LogP contribution in [-0.2, 0) is 28.7 Å². The second-order valence-corrected chi connectivity index (χ2v) is 9.84. The minimum Gasteiger partial charge on any atom is -0.466 e. The summed E-state index contributed by atoms with van der Waals surface area (Å²) in [5, 5.41) is 5.28. The number of rotatable bonds is 14. The summed E-state index contributed by atoms with van der Waals surface area (Å²) < 4.78 is 10.2. The second kappa shape index (κ2) is 15.6. The lowest BCUT2D eigenvalue weighted by Crippen LogP contribution is -2.53. The quantitative estimate of drug-likeness (QED) is 0.309. The summed E-state index contributed by atoms with van der Waals surface area (Å²) in [6.45, 7) is 10.9. The predicted molar refractivity (Wildman–Crippen MR) is 142 cm³/mol. The lowest BCUT2D eigenvalue weighted by atomic mass is 9.97. The lowest BCUT2D eigenvalue weighted by molar-refractivity contribution is -0.144. The average Bonchev–Trinajstić information content (AvgIpc) is 2.81. The Hall–Kier alpha value is -3.63. The molecule has 0 aliphatic rings. The molecule has 0 heterocycles. The van der Waals surface area contributed by atoms with Gasteiger partial charge in [0, 0.05) is 19.5 Å². The highest BCUT2D eigenvalue weighted by atomic mass is 16.6. The summed E-state index contributed by atoms with van der Waals surface area (Å²) in [5.74, 6) is -2.14. The molecule has 2 unspecified atom stereocenters. The van der Waals surface area contributed by atoms with Crippen LogP contribution in [0.1, 0.15) is 77.5 Å².